The lowest BCUT2D eigenvalue weighted by Gasteiger charge is -2.21. The van der Waals surface area contributed by atoms with Gasteiger partial charge in [-0.15, -0.1) is 0 Å². The fourth-order valence-electron chi connectivity index (χ4n) is 2.45. The van der Waals surface area contributed by atoms with Crippen LogP contribution < -0.4 is 5.73 Å². The summed E-state index contributed by atoms with van der Waals surface area (Å²) in [5.74, 6) is 0.405. The molecule has 0 aromatic heterocycles. The molecule has 2 atom stereocenters. The molecule has 1 fully saturated rings. The molecule has 1 aliphatic heterocycles. The fourth-order valence-corrected chi connectivity index (χ4v) is 5.27. The van der Waals surface area contributed by atoms with E-state index in [1.54, 1.807) is 22.5 Å². The molecule has 0 bridgehead atoms. The highest BCUT2D eigenvalue weighted by Gasteiger charge is 2.36. The molecule has 6 heteroatoms. The van der Waals surface area contributed by atoms with Crippen LogP contribution in [0.2, 0.25) is 0 Å². The average Bonchev–Trinajstić information content (AvgIpc) is 2.57. The highest BCUT2D eigenvalue weighted by Crippen LogP contribution is 2.32. The summed E-state index contributed by atoms with van der Waals surface area (Å²) in [7, 11) is -3.44. The zero-order valence-corrected chi connectivity index (χ0v) is 12.8. The molecule has 0 amide bonds. The molecule has 18 heavy (non-hydrogen) atoms. The molecule has 2 unspecified atom stereocenters. The van der Waals surface area contributed by atoms with Crippen LogP contribution in [0.1, 0.15) is 20.3 Å². The smallest absolute Gasteiger partial charge is 0.244 e. The topological polar surface area (TPSA) is 63.4 Å². The summed E-state index contributed by atoms with van der Waals surface area (Å²) < 4.78 is 27.3. The second-order valence-electron chi connectivity index (χ2n) is 4.95. The second-order valence-corrected chi connectivity index (χ2v) is 7.67. The number of hydrogen-bond acceptors (Lipinski definition) is 3. The number of anilines is 1. The van der Waals surface area contributed by atoms with Crippen LogP contribution in [0.25, 0.3) is 0 Å². The van der Waals surface area contributed by atoms with E-state index in [0.717, 1.165) is 6.42 Å². The Bertz CT molecular complexity index is 559. The number of nitrogens with zero attached hydrogens (tertiary/aromatic N) is 1. The molecule has 1 aliphatic rings. The minimum Gasteiger partial charge on any atom is -0.399 e. The van der Waals surface area contributed by atoms with E-state index in [-0.39, 0.29) is 10.9 Å². The molecule has 2 N–H and O–H groups in total. The van der Waals surface area contributed by atoms with Crippen LogP contribution in [0, 0.1) is 5.92 Å². The molecule has 1 saturated heterocycles. The lowest BCUT2D eigenvalue weighted by Crippen LogP contribution is -2.34. The Hall–Kier alpha value is -0.590. The van der Waals surface area contributed by atoms with Crippen molar-refractivity contribution in [3.05, 3.63) is 22.7 Å². The Kier molecular flexibility index (Phi) is 3.71. The van der Waals surface area contributed by atoms with Crippen molar-refractivity contribution in [2.75, 3.05) is 12.3 Å². The van der Waals surface area contributed by atoms with E-state index in [0.29, 0.717) is 22.6 Å². The molecule has 4 nitrogen and oxygen atoms in total. The van der Waals surface area contributed by atoms with Crippen LogP contribution in [0.4, 0.5) is 5.69 Å². The first-order valence-electron chi connectivity index (χ1n) is 5.89. The summed E-state index contributed by atoms with van der Waals surface area (Å²) in [6, 6.07) is 4.85. The maximum absolute atomic E-state index is 12.6. The standard InChI is InChI=1S/C12H17BrN2O2S/c1-8-5-9(2)15(7-8)18(16,17)12-4-3-10(14)6-11(12)13/h3-4,6,8-9H,5,7,14H2,1-2H3. The first-order chi connectivity index (χ1) is 8.32. The van der Waals surface area contributed by atoms with Gasteiger partial charge in [0.25, 0.3) is 0 Å². The van der Waals surface area contributed by atoms with Crippen molar-refractivity contribution in [1.29, 1.82) is 0 Å². The van der Waals surface area contributed by atoms with Gasteiger partial charge in [0.05, 0.1) is 4.90 Å². The Balaban J connectivity index is 2.42. The second kappa shape index (κ2) is 4.83. The van der Waals surface area contributed by atoms with Gasteiger partial charge in [0.15, 0.2) is 0 Å². The van der Waals surface area contributed by atoms with Crippen molar-refractivity contribution in [2.24, 2.45) is 5.92 Å². The van der Waals surface area contributed by atoms with Gasteiger partial charge in [0.1, 0.15) is 0 Å². The van der Waals surface area contributed by atoms with Crippen LogP contribution in [-0.2, 0) is 10.0 Å². The highest BCUT2D eigenvalue weighted by atomic mass is 79.9. The molecule has 1 aromatic rings. The quantitative estimate of drug-likeness (QED) is 0.846. The van der Waals surface area contributed by atoms with E-state index >= 15 is 0 Å². The normalized spacial score (nSPS) is 25.5. The zero-order valence-electron chi connectivity index (χ0n) is 10.4. The van der Waals surface area contributed by atoms with Gasteiger partial charge in [-0.05, 0) is 53.4 Å². The molecule has 0 saturated carbocycles. The molecule has 100 valence electrons. The van der Waals surface area contributed by atoms with Crippen LogP contribution in [0.15, 0.2) is 27.6 Å². The van der Waals surface area contributed by atoms with E-state index < -0.39 is 10.0 Å². The number of hydrogen-bond donors (Lipinski definition) is 1. The van der Waals surface area contributed by atoms with Gasteiger partial charge in [0.2, 0.25) is 10.0 Å². The number of benzene rings is 1. The molecule has 1 heterocycles. The number of sulfonamides is 1. The molecular formula is C12H17BrN2O2S. The third-order valence-electron chi connectivity index (χ3n) is 3.27. The molecule has 0 radical (unpaired) electrons. The van der Waals surface area contributed by atoms with Gasteiger partial charge in [-0.1, -0.05) is 6.92 Å². The Morgan fingerprint density at radius 2 is 2.06 bits per heavy atom. The number of rotatable bonds is 2. The van der Waals surface area contributed by atoms with Crippen LogP contribution in [0.5, 0.6) is 0 Å². The minimum atomic E-state index is -3.44. The number of nitrogen functional groups attached to an aromatic ring is 1. The van der Waals surface area contributed by atoms with Gasteiger partial charge in [-0.3, -0.25) is 0 Å². The predicted octanol–water partition coefficient (Wildman–Crippen LogP) is 2.45. The van der Waals surface area contributed by atoms with Crippen LogP contribution in [-0.4, -0.2) is 25.3 Å². The minimum absolute atomic E-state index is 0.0504. The van der Waals surface area contributed by atoms with Crippen molar-refractivity contribution in [1.82, 2.24) is 4.31 Å². The van der Waals surface area contributed by atoms with Crippen LogP contribution in [0.3, 0.4) is 0 Å². The van der Waals surface area contributed by atoms with Crippen molar-refractivity contribution < 1.29 is 8.42 Å². The van der Waals surface area contributed by atoms with Gasteiger partial charge in [-0.25, -0.2) is 8.42 Å². The zero-order chi connectivity index (χ0) is 13.5. The van der Waals surface area contributed by atoms with Gasteiger partial charge < -0.3 is 5.73 Å². The van der Waals surface area contributed by atoms with Crippen molar-refractivity contribution in [3.8, 4) is 0 Å². The first kappa shape index (κ1) is 13.8. The van der Waals surface area contributed by atoms with E-state index in [9.17, 15) is 8.42 Å². The molecular weight excluding hydrogens is 316 g/mol. The third kappa shape index (κ3) is 2.41. The summed E-state index contributed by atoms with van der Waals surface area (Å²) in [4.78, 5) is 0.289. The average molecular weight is 333 g/mol. The SMILES string of the molecule is CC1CC(C)N(S(=O)(=O)c2ccc(N)cc2Br)C1. The van der Waals surface area contributed by atoms with Crippen molar-refractivity contribution in [2.45, 2.75) is 31.2 Å². The number of halogens is 1. The monoisotopic (exact) mass is 332 g/mol. The lowest BCUT2D eigenvalue weighted by atomic mass is 10.1. The van der Waals surface area contributed by atoms with E-state index in [1.165, 1.54) is 0 Å². The van der Waals surface area contributed by atoms with Gasteiger partial charge >= 0.3 is 0 Å². The maximum Gasteiger partial charge on any atom is 0.244 e. The molecule has 0 spiro atoms. The molecule has 1 aromatic carbocycles. The van der Waals surface area contributed by atoms with Crippen molar-refractivity contribution in [3.63, 3.8) is 0 Å². The summed E-state index contributed by atoms with van der Waals surface area (Å²) in [5, 5.41) is 0. The fraction of sp³-hybridized carbons (Fsp3) is 0.500. The number of nitrogens with two attached hydrogens (primary N) is 1. The summed E-state index contributed by atoms with van der Waals surface area (Å²) in [6.45, 7) is 4.61. The van der Waals surface area contributed by atoms with Crippen LogP contribution >= 0.6 is 15.9 Å². The molecule has 2 rings (SSSR count). The maximum atomic E-state index is 12.6. The highest BCUT2D eigenvalue weighted by molar-refractivity contribution is 9.10. The summed E-state index contributed by atoms with van der Waals surface area (Å²) in [5.41, 5.74) is 6.18. The van der Waals surface area contributed by atoms with E-state index in [2.05, 4.69) is 22.9 Å². The molecule has 0 aliphatic carbocycles. The van der Waals surface area contributed by atoms with E-state index in [1.807, 2.05) is 6.92 Å². The lowest BCUT2D eigenvalue weighted by molar-refractivity contribution is 0.405. The predicted molar refractivity (Wildman–Crippen MR) is 75.7 cm³/mol. The van der Waals surface area contributed by atoms with Gasteiger partial charge in [-0.2, -0.15) is 4.31 Å². The Morgan fingerprint density at radius 1 is 1.39 bits per heavy atom. The Labute approximate surface area is 116 Å². The summed E-state index contributed by atoms with van der Waals surface area (Å²) in [6.07, 6.45) is 0.909. The summed E-state index contributed by atoms with van der Waals surface area (Å²) >= 11 is 3.28. The van der Waals surface area contributed by atoms with Crippen molar-refractivity contribution >= 4 is 31.6 Å². The largest absolute Gasteiger partial charge is 0.399 e. The van der Waals surface area contributed by atoms with E-state index in [4.69, 9.17) is 5.73 Å². The third-order valence-corrected chi connectivity index (χ3v) is 6.23. The first-order valence-corrected chi connectivity index (χ1v) is 8.12. The van der Waals surface area contributed by atoms with Gasteiger partial charge in [0, 0.05) is 22.7 Å². The Morgan fingerprint density at radius 3 is 2.56 bits per heavy atom.